The van der Waals surface area contributed by atoms with Crippen LogP contribution in [0.5, 0.6) is 0 Å². The summed E-state index contributed by atoms with van der Waals surface area (Å²) in [6.07, 6.45) is 2.84. The van der Waals surface area contributed by atoms with E-state index < -0.39 is 5.76 Å². The van der Waals surface area contributed by atoms with Gasteiger partial charge in [-0.15, -0.1) is 0 Å². The molecule has 0 bridgehead atoms. The van der Waals surface area contributed by atoms with Crippen LogP contribution >= 0.6 is 0 Å². The van der Waals surface area contributed by atoms with Gasteiger partial charge < -0.3 is 9.32 Å². The van der Waals surface area contributed by atoms with Gasteiger partial charge in [-0.1, -0.05) is 30.3 Å². The van der Waals surface area contributed by atoms with Crippen molar-refractivity contribution in [2.75, 3.05) is 37.6 Å². The summed E-state index contributed by atoms with van der Waals surface area (Å²) in [6, 6.07) is 16.4. The lowest BCUT2D eigenvalue weighted by molar-refractivity contribution is 0.260. The molecule has 0 saturated carbocycles. The van der Waals surface area contributed by atoms with Crippen LogP contribution in [0.4, 0.5) is 5.82 Å². The number of hydrogen-bond acceptors (Lipinski definition) is 5. The molecule has 0 radical (unpaired) electrons. The van der Waals surface area contributed by atoms with Gasteiger partial charge in [0.1, 0.15) is 5.82 Å². The highest BCUT2D eigenvalue weighted by Gasteiger charge is 2.19. The molecule has 1 fully saturated rings. The minimum atomic E-state index is -0.398. The van der Waals surface area contributed by atoms with Crippen molar-refractivity contribution < 1.29 is 4.42 Å². The monoisotopic (exact) mass is 374 g/mol. The number of aromatic nitrogens is 2. The fourth-order valence-corrected chi connectivity index (χ4v) is 3.97. The van der Waals surface area contributed by atoms with Crippen LogP contribution in [-0.2, 0) is 6.42 Å². The number of nitrogens with zero attached hydrogens (tertiary/aromatic N) is 3. The van der Waals surface area contributed by atoms with Crippen LogP contribution < -0.4 is 10.7 Å². The van der Waals surface area contributed by atoms with Crippen molar-refractivity contribution in [2.24, 2.45) is 0 Å². The van der Waals surface area contributed by atoms with Crippen LogP contribution in [0.2, 0.25) is 0 Å². The first kappa shape index (κ1) is 17.0. The molecule has 1 saturated heterocycles. The molecule has 1 N–H and O–H groups in total. The fraction of sp³-hybridized carbons (Fsp3) is 0.273. The second kappa shape index (κ2) is 7.13. The second-order valence-corrected chi connectivity index (χ2v) is 7.28. The van der Waals surface area contributed by atoms with Gasteiger partial charge in [0, 0.05) is 44.3 Å². The fourth-order valence-electron chi connectivity index (χ4n) is 3.97. The molecule has 1 aliphatic rings. The zero-order chi connectivity index (χ0) is 18.9. The minimum absolute atomic E-state index is 0.398. The van der Waals surface area contributed by atoms with Crippen molar-refractivity contribution in [1.82, 2.24) is 14.9 Å². The lowest BCUT2D eigenvalue weighted by Gasteiger charge is -2.35. The molecular formula is C22H22N4O2. The lowest BCUT2D eigenvalue weighted by Crippen LogP contribution is -2.47. The molecule has 6 heteroatoms. The summed E-state index contributed by atoms with van der Waals surface area (Å²) in [7, 11) is 0. The Morgan fingerprint density at radius 1 is 1.04 bits per heavy atom. The van der Waals surface area contributed by atoms with E-state index in [1.165, 1.54) is 16.3 Å². The van der Waals surface area contributed by atoms with Gasteiger partial charge in [0.2, 0.25) is 0 Å². The molecule has 0 aliphatic carbocycles. The molecule has 142 valence electrons. The Kier molecular flexibility index (Phi) is 4.33. The predicted octanol–water partition coefficient (Wildman–Crippen LogP) is 3.03. The van der Waals surface area contributed by atoms with Crippen LogP contribution in [0.15, 0.2) is 63.9 Å². The summed E-state index contributed by atoms with van der Waals surface area (Å²) >= 11 is 0. The summed E-state index contributed by atoms with van der Waals surface area (Å²) in [5.41, 5.74) is 2.58. The summed E-state index contributed by atoms with van der Waals surface area (Å²) in [4.78, 5) is 23.5. The Morgan fingerprint density at radius 3 is 2.79 bits per heavy atom. The van der Waals surface area contributed by atoms with Crippen molar-refractivity contribution in [1.29, 1.82) is 0 Å². The summed E-state index contributed by atoms with van der Waals surface area (Å²) in [5.74, 6) is 0.691. The molecule has 0 unspecified atom stereocenters. The quantitative estimate of drug-likeness (QED) is 0.595. The molecule has 1 aliphatic heterocycles. The normalized spacial score (nSPS) is 15.5. The molecule has 0 amide bonds. The standard InChI is InChI=1S/C22H22N4O2/c27-22-24-19-6-5-16(15-20(19)28-22)8-10-25-11-13-26(14-12-25)21-18-4-2-1-3-17(18)7-9-23-21/h1-7,9,15H,8,10-14H2,(H,24,27). The number of fused-ring (bicyclic) bond motifs is 2. The second-order valence-electron chi connectivity index (χ2n) is 7.28. The molecule has 0 spiro atoms. The zero-order valence-electron chi connectivity index (χ0n) is 15.6. The number of anilines is 1. The molecule has 2 aromatic carbocycles. The maximum atomic E-state index is 11.3. The third-order valence-electron chi connectivity index (χ3n) is 5.53. The maximum Gasteiger partial charge on any atom is 0.417 e. The number of hydrogen-bond donors (Lipinski definition) is 1. The van der Waals surface area contributed by atoms with Gasteiger partial charge in [-0.25, -0.2) is 9.78 Å². The van der Waals surface area contributed by atoms with E-state index in [4.69, 9.17) is 4.42 Å². The first-order chi connectivity index (χ1) is 13.8. The van der Waals surface area contributed by atoms with E-state index in [9.17, 15) is 4.79 Å². The topological polar surface area (TPSA) is 65.4 Å². The number of oxazole rings is 1. The largest absolute Gasteiger partial charge is 0.417 e. The van der Waals surface area contributed by atoms with Gasteiger partial charge in [-0.05, 0) is 35.6 Å². The van der Waals surface area contributed by atoms with Crippen molar-refractivity contribution in [2.45, 2.75) is 6.42 Å². The van der Waals surface area contributed by atoms with E-state index >= 15 is 0 Å². The third kappa shape index (κ3) is 3.27. The van der Waals surface area contributed by atoms with E-state index in [-0.39, 0.29) is 0 Å². The van der Waals surface area contributed by atoms with Gasteiger partial charge >= 0.3 is 5.76 Å². The van der Waals surface area contributed by atoms with Crippen LogP contribution in [-0.4, -0.2) is 47.6 Å². The van der Waals surface area contributed by atoms with Gasteiger partial charge in [0.15, 0.2) is 5.58 Å². The Bertz CT molecular complexity index is 1170. The Hall–Kier alpha value is -3.12. The molecule has 4 aromatic rings. The van der Waals surface area contributed by atoms with Gasteiger partial charge in [0.25, 0.3) is 0 Å². The van der Waals surface area contributed by atoms with E-state index in [0.717, 1.165) is 50.5 Å². The highest BCUT2D eigenvalue weighted by molar-refractivity contribution is 5.92. The molecule has 3 heterocycles. The summed E-state index contributed by atoms with van der Waals surface area (Å²) < 4.78 is 5.16. The van der Waals surface area contributed by atoms with E-state index in [2.05, 4.69) is 56.2 Å². The number of H-pyrrole nitrogens is 1. The van der Waals surface area contributed by atoms with E-state index in [1.807, 2.05) is 18.3 Å². The van der Waals surface area contributed by atoms with Crippen LogP contribution in [0.25, 0.3) is 21.9 Å². The zero-order valence-corrected chi connectivity index (χ0v) is 15.6. The average Bonchev–Trinajstić information content (AvgIpc) is 3.11. The molecule has 0 atom stereocenters. The number of benzene rings is 2. The minimum Gasteiger partial charge on any atom is -0.408 e. The van der Waals surface area contributed by atoms with E-state index in [1.54, 1.807) is 0 Å². The number of aromatic amines is 1. The summed E-state index contributed by atoms with van der Waals surface area (Å²) in [6.45, 7) is 5.00. The lowest BCUT2D eigenvalue weighted by atomic mass is 10.1. The van der Waals surface area contributed by atoms with Crippen molar-refractivity contribution in [3.63, 3.8) is 0 Å². The number of rotatable bonds is 4. The Morgan fingerprint density at radius 2 is 1.89 bits per heavy atom. The third-order valence-corrected chi connectivity index (χ3v) is 5.53. The van der Waals surface area contributed by atoms with Crippen molar-refractivity contribution in [3.8, 4) is 0 Å². The Balaban J connectivity index is 1.22. The average molecular weight is 374 g/mol. The molecular weight excluding hydrogens is 352 g/mol. The Labute approximate surface area is 162 Å². The van der Waals surface area contributed by atoms with Crippen molar-refractivity contribution in [3.05, 3.63) is 70.8 Å². The van der Waals surface area contributed by atoms with Gasteiger partial charge in [-0.2, -0.15) is 0 Å². The highest BCUT2D eigenvalue weighted by Crippen LogP contribution is 2.25. The van der Waals surface area contributed by atoms with Crippen LogP contribution in [0.1, 0.15) is 5.56 Å². The summed E-state index contributed by atoms with van der Waals surface area (Å²) in [5, 5.41) is 2.46. The molecule has 6 nitrogen and oxygen atoms in total. The number of piperazine rings is 1. The highest BCUT2D eigenvalue weighted by atomic mass is 16.4. The van der Waals surface area contributed by atoms with Crippen LogP contribution in [0.3, 0.4) is 0 Å². The molecule has 5 rings (SSSR count). The first-order valence-electron chi connectivity index (χ1n) is 9.69. The van der Waals surface area contributed by atoms with E-state index in [0.29, 0.717) is 5.58 Å². The maximum absolute atomic E-state index is 11.3. The van der Waals surface area contributed by atoms with Gasteiger partial charge in [0.05, 0.1) is 5.52 Å². The van der Waals surface area contributed by atoms with Crippen LogP contribution in [0, 0.1) is 0 Å². The van der Waals surface area contributed by atoms with Crippen molar-refractivity contribution >= 4 is 27.7 Å². The number of nitrogens with one attached hydrogen (secondary N) is 1. The molecule has 28 heavy (non-hydrogen) atoms. The predicted molar refractivity (Wildman–Crippen MR) is 111 cm³/mol. The van der Waals surface area contributed by atoms with Gasteiger partial charge in [-0.3, -0.25) is 9.88 Å². The first-order valence-corrected chi connectivity index (χ1v) is 9.69. The smallest absolute Gasteiger partial charge is 0.408 e. The number of pyridine rings is 1. The SMILES string of the molecule is O=c1[nH]c2ccc(CCN3CCN(c4nccc5ccccc45)CC3)cc2o1. The molecule has 2 aromatic heterocycles.